The number of hydrogen-bond acceptors (Lipinski definition) is 2. The molecule has 4 heteroatoms. The van der Waals surface area contributed by atoms with E-state index < -0.39 is 5.97 Å². The fraction of sp³-hybridized carbons (Fsp3) is 0.588. The molecule has 0 saturated carbocycles. The Morgan fingerprint density at radius 1 is 1.14 bits per heavy atom. The second-order valence-corrected chi connectivity index (χ2v) is 6.29. The van der Waals surface area contributed by atoms with Gasteiger partial charge in [-0.05, 0) is 31.0 Å². The van der Waals surface area contributed by atoms with E-state index in [0.29, 0.717) is 12.4 Å². The summed E-state index contributed by atoms with van der Waals surface area (Å²) in [6.45, 7) is 4.67. The van der Waals surface area contributed by atoms with E-state index in [4.69, 9.17) is 4.74 Å². The molecule has 0 aliphatic heterocycles. The van der Waals surface area contributed by atoms with Gasteiger partial charge in [-0.1, -0.05) is 61.4 Å². The van der Waals surface area contributed by atoms with E-state index in [0.717, 1.165) is 22.9 Å². The SMILES string of the molecule is CCCCCCCCCOc1c(C)cc(Br)cc1C(=O)O. The maximum absolute atomic E-state index is 11.3. The average Bonchev–Trinajstić information content (AvgIpc) is 2.43. The summed E-state index contributed by atoms with van der Waals surface area (Å²) in [4.78, 5) is 11.3. The van der Waals surface area contributed by atoms with E-state index in [1.165, 1.54) is 32.1 Å². The van der Waals surface area contributed by atoms with Crippen molar-refractivity contribution in [3.8, 4) is 5.75 Å². The topological polar surface area (TPSA) is 46.5 Å². The molecule has 0 radical (unpaired) electrons. The smallest absolute Gasteiger partial charge is 0.339 e. The molecule has 0 fully saturated rings. The Morgan fingerprint density at radius 3 is 2.38 bits per heavy atom. The number of ether oxygens (including phenoxy) is 1. The quantitative estimate of drug-likeness (QED) is 0.556. The molecule has 3 nitrogen and oxygen atoms in total. The Hall–Kier alpha value is -1.03. The monoisotopic (exact) mass is 356 g/mol. The van der Waals surface area contributed by atoms with Gasteiger partial charge in [0.1, 0.15) is 11.3 Å². The number of halogens is 1. The first-order valence-electron chi connectivity index (χ1n) is 7.72. The van der Waals surface area contributed by atoms with Gasteiger partial charge in [0, 0.05) is 4.47 Å². The van der Waals surface area contributed by atoms with E-state index in [9.17, 15) is 9.90 Å². The number of aryl methyl sites for hydroxylation is 1. The van der Waals surface area contributed by atoms with Crippen molar-refractivity contribution in [2.45, 2.75) is 58.8 Å². The summed E-state index contributed by atoms with van der Waals surface area (Å²) in [5.74, 6) is -0.453. The maximum atomic E-state index is 11.3. The molecule has 0 saturated heterocycles. The molecule has 118 valence electrons. The van der Waals surface area contributed by atoms with Gasteiger partial charge in [-0.3, -0.25) is 0 Å². The third kappa shape index (κ3) is 6.51. The molecule has 1 N–H and O–H groups in total. The van der Waals surface area contributed by atoms with Crippen molar-refractivity contribution in [3.63, 3.8) is 0 Å². The van der Waals surface area contributed by atoms with Crippen LogP contribution in [0.5, 0.6) is 5.75 Å². The third-order valence-electron chi connectivity index (χ3n) is 3.46. The van der Waals surface area contributed by atoms with Crippen LogP contribution in [-0.2, 0) is 0 Å². The molecule has 1 aromatic carbocycles. The highest BCUT2D eigenvalue weighted by Gasteiger charge is 2.15. The number of carbonyl (C=O) groups is 1. The second kappa shape index (κ2) is 9.82. The molecule has 21 heavy (non-hydrogen) atoms. The van der Waals surface area contributed by atoms with E-state index >= 15 is 0 Å². The van der Waals surface area contributed by atoms with Crippen LogP contribution in [0.2, 0.25) is 0 Å². The van der Waals surface area contributed by atoms with Crippen molar-refractivity contribution in [2.75, 3.05) is 6.61 Å². The minimum atomic E-state index is -0.950. The summed E-state index contributed by atoms with van der Waals surface area (Å²) in [7, 11) is 0. The predicted molar refractivity (Wildman–Crippen MR) is 89.3 cm³/mol. The largest absolute Gasteiger partial charge is 0.492 e. The summed E-state index contributed by atoms with van der Waals surface area (Å²) in [6, 6.07) is 3.47. The van der Waals surface area contributed by atoms with E-state index in [1.54, 1.807) is 6.07 Å². The van der Waals surface area contributed by atoms with Crippen LogP contribution in [0.25, 0.3) is 0 Å². The summed E-state index contributed by atoms with van der Waals surface area (Å²) < 4.78 is 6.47. The van der Waals surface area contributed by atoms with Gasteiger partial charge >= 0.3 is 5.97 Å². The molecule has 1 aromatic rings. The Morgan fingerprint density at radius 2 is 1.76 bits per heavy atom. The van der Waals surface area contributed by atoms with Crippen LogP contribution in [-0.4, -0.2) is 17.7 Å². The average molecular weight is 357 g/mol. The number of aromatic carboxylic acids is 1. The van der Waals surface area contributed by atoms with Gasteiger partial charge in [-0.25, -0.2) is 4.79 Å². The zero-order valence-corrected chi connectivity index (χ0v) is 14.5. The molecule has 0 aliphatic carbocycles. The highest BCUT2D eigenvalue weighted by Crippen LogP contribution is 2.28. The number of carboxylic acids is 1. The standard InChI is InChI=1S/C17H25BrO3/c1-3-4-5-6-7-8-9-10-21-16-13(2)11-14(18)12-15(16)17(19)20/h11-12H,3-10H2,1-2H3,(H,19,20). The van der Waals surface area contributed by atoms with E-state index in [2.05, 4.69) is 22.9 Å². The van der Waals surface area contributed by atoms with Gasteiger partial charge in [-0.15, -0.1) is 0 Å². The van der Waals surface area contributed by atoms with Gasteiger partial charge in [-0.2, -0.15) is 0 Å². The molecule has 1 rings (SSSR count). The normalized spacial score (nSPS) is 10.6. The zero-order valence-electron chi connectivity index (χ0n) is 13.0. The van der Waals surface area contributed by atoms with Crippen LogP contribution in [0.3, 0.4) is 0 Å². The lowest BCUT2D eigenvalue weighted by molar-refractivity contribution is 0.0692. The van der Waals surface area contributed by atoms with Crippen molar-refractivity contribution < 1.29 is 14.6 Å². The fourth-order valence-corrected chi connectivity index (χ4v) is 2.89. The minimum absolute atomic E-state index is 0.227. The fourth-order valence-electron chi connectivity index (χ4n) is 2.31. The predicted octanol–water partition coefficient (Wildman–Crippen LogP) is 5.59. The van der Waals surface area contributed by atoms with Crippen LogP contribution in [0.1, 0.15) is 67.8 Å². The van der Waals surface area contributed by atoms with Crippen molar-refractivity contribution in [1.82, 2.24) is 0 Å². The molecule has 0 aliphatic rings. The molecule has 0 aromatic heterocycles. The molecule has 0 atom stereocenters. The number of unbranched alkanes of at least 4 members (excludes halogenated alkanes) is 6. The van der Waals surface area contributed by atoms with Crippen molar-refractivity contribution in [2.24, 2.45) is 0 Å². The molecular weight excluding hydrogens is 332 g/mol. The lowest BCUT2D eigenvalue weighted by Crippen LogP contribution is -2.06. The molecule has 0 bridgehead atoms. The van der Waals surface area contributed by atoms with Crippen LogP contribution in [0.15, 0.2) is 16.6 Å². The molecule has 0 unspecified atom stereocenters. The Labute approximate surface area is 135 Å². The number of hydrogen-bond donors (Lipinski definition) is 1. The summed E-state index contributed by atoms with van der Waals surface area (Å²) in [5, 5.41) is 9.24. The van der Waals surface area contributed by atoms with Crippen molar-refractivity contribution >= 4 is 21.9 Å². The van der Waals surface area contributed by atoms with Crippen LogP contribution < -0.4 is 4.74 Å². The van der Waals surface area contributed by atoms with Crippen LogP contribution in [0, 0.1) is 6.92 Å². The van der Waals surface area contributed by atoms with E-state index in [-0.39, 0.29) is 5.56 Å². The first kappa shape index (κ1) is 18.0. The first-order chi connectivity index (χ1) is 10.1. The van der Waals surface area contributed by atoms with Gasteiger partial charge < -0.3 is 9.84 Å². The first-order valence-corrected chi connectivity index (χ1v) is 8.51. The Balaban J connectivity index is 2.40. The summed E-state index contributed by atoms with van der Waals surface area (Å²) in [5.41, 5.74) is 1.08. The number of benzene rings is 1. The van der Waals surface area contributed by atoms with Gasteiger partial charge in [0.05, 0.1) is 6.61 Å². The second-order valence-electron chi connectivity index (χ2n) is 5.37. The highest BCUT2D eigenvalue weighted by molar-refractivity contribution is 9.10. The molecular formula is C17H25BrO3. The van der Waals surface area contributed by atoms with Crippen LogP contribution in [0.4, 0.5) is 0 Å². The number of rotatable bonds is 10. The zero-order chi connectivity index (χ0) is 15.7. The Bertz CT molecular complexity index is 458. The van der Waals surface area contributed by atoms with Gasteiger partial charge in [0.15, 0.2) is 0 Å². The lowest BCUT2D eigenvalue weighted by Gasteiger charge is -2.12. The maximum Gasteiger partial charge on any atom is 0.339 e. The molecule has 0 spiro atoms. The lowest BCUT2D eigenvalue weighted by atomic mass is 10.1. The molecule has 0 amide bonds. The van der Waals surface area contributed by atoms with E-state index in [1.807, 2.05) is 13.0 Å². The molecule has 0 heterocycles. The van der Waals surface area contributed by atoms with Crippen molar-refractivity contribution in [1.29, 1.82) is 0 Å². The van der Waals surface area contributed by atoms with Gasteiger partial charge in [0.2, 0.25) is 0 Å². The van der Waals surface area contributed by atoms with Gasteiger partial charge in [0.25, 0.3) is 0 Å². The summed E-state index contributed by atoms with van der Waals surface area (Å²) in [6.07, 6.45) is 8.52. The minimum Gasteiger partial charge on any atom is -0.492 e. The number of carboxylic acid groups (broad SMARTS) is 1. The highest BCUT2D eigenvalue weighted by atomic mass is 79.9. The van der Waals surface area contributed by atoms with Crippen molar-refractivity contribution in [3.05, 3.63) is 27.7 Å². The third-order valence-corrected chi connectivity index (χ3v) is 3.92. The van der Waals surface area contributed by atoms with Crippen LogP contribution >= 0.6 is 15.9 Å². The summed E-state index contributed by atoms with van der Waals surface area (Å²) >= 11 is 3.32. The Kier molecular flexibility index (Phi) is 8.43.